The Labute approximate surface area is 131 Å². The molecule has 1 saturated heterocycles. The Balaban J connectivity index is 1.55. The summed E-state index contributed by atoms with van der Waals surface area (Å²) in [5.41, 5.74) is 1.09. The van der Waals surface area contributed by atoms with Gasteiger partial charge < -0.3 is 4.90 Å². The number of anilines is 1. The van der Waals surface area contributed by atoms with E-state index in [9.17, 15) is 0 Å². The average molecular weight is 301 g/mol. The number of aromatic nitrogens is 5. The second-order valence-electron chi connectivity index (χ2n) is 5.98. The molecule has 0 saturated carbocycles. The van der Waals surface area contributed by atoms with Crippen molar-refractivity contribution in [2.24, 2.45) is 7.05 Å². The number of aryl methyl sites for hydroxylation is 2. The number of rotatable bonds is 4. The van der Waals surface area contributed by atoms with Crippen molar-refractivity contribution in [2.75, 3.05) is 25.0 Å². The lowest BCUT2D eigenvalue weighted by Crippen LogP contribution is -2.44. The molecule has 118 valence electrons. The molecular formula is C15H23N7. The molecule has 0 aromatic carbocycles. The van der Waals surface area contributed by atoms with Gasteiger partial charge in [0.15, 0.2) is 0 Å². The van der Waals surface area contributed by atoms with E-state index in [1.807, 2.05) is 31.0 Å². The van der Waals surface area contributed by atoms with Gasteiger partial charge >= 0.3 is 0 Å². The second kappa shape index (κ2) is 6.39. The van der Waals surface area contributed by atoms with Gasteiger partial charge in [0.1, 0.15) is 12.2 Å². The van der Waals surface area contributed by atoms with Crippen LogP contribution in [0.15, 0.2) is 18.7 Å². The monoisotopic (exact) mass is 301 g/mol. The molecule has 1 aliphatic heterocycles. The fourth-order valence-electron chi connectivity index (χ4n) is 2.86. The average Bonchev–Trinajstić information content (AvgIpc) is 2.93. The zero-order chi connectivity index (χ0) is 15.5. The molecule has 0 radical (unpaired) electrons. The highest BCUT2D eigenvalue weighted by Crippen LogP contribution is 2.20. The van der Waals surface area contributed by atoms with Gasteiger partial charge in [-0.2, -0.15) is 5.10 Å². The molecule has 2 aromatic heterocycles. The Morgan fingerprint density at radius 1 is 1.18 bits per heavy atom. The van der Waals surface area contributed by atoms with Crippen molar-refractivity contribution < 1.29 is 0 Å². The van der Waals surface area contributed by atoms with Crippen molar-refractivity contribution in [1.82, 2.24) is 29.6 Å². The third-order valence-electron chi connectivity index (χ3n) is 4.36. The van der Waals surface area contributed by atoms with E-state index in [1.54, 1.807) is 6.33 Å². The summed E-state index contributed by atoms with van der Waals surface area (Å²) in [4.78, 5) is 17.8. The standard InChI is InChI=1S/C15H23N7/c1-12-8-16-15(17-9-12)20(2)13-4-6-22(7-5-13)10-14-18-11-19-21(14)3/h8-9,11,13H,4-7,10H2,1-3H3. The molecular weight excluding hydrogens is 278 g/mol. The zero-order valence-corrected chi connectivity index (χ0v) is 13.5. The molecule has 0 aliphatic carbocycles. The van der Waals surface area contributed by atoms with E-state index in [4.69, 9.17) is 0 Å². The number of hydrogen-bond donors (Lipinski definition) is 0. The van der Waals surface area contributed by atoms with E-state index in [0.717, 1.165) is 49.8 Å². The summed E-state index contributed by atoms with van der Waals surface area (Å²) in [6, 6.07) is 0.499. The Morgan fingerprint density at radius 3 is 2.45 bits per heavy atom. The van der Waals surface area contributed by atoms with Crippen molar-refractivity contribution in [1.29, 1.82) is 0 Å². The molecule has 3 heterocycles. The highest BCUT2D eigenvalue weighted by atomic mass is 15.3. The fourth-order valence-corrected chi connectivity index (χ4v) is 2.86. The first-order chi connectivity index (χ1) is 10.6. The van der Waals surface area contributed by atoms with Gasteiger partial charge in [0, 0.05) is 45.6 Å². The van der Waals surface area contributed by atoms with Crippen LogP contribution in [0.1, 0.15) is 24.2 Å². The lowest BCUT2D eigenvalue weighted by molar-refractivity contribution is 0.196. The SMILES string of the molecule is Cc1cnc(N(C)C2CCN(Cc3ncnn3C)CC2)nc1. The van der Waals surface area contributed by atoms with Crippen LogP contribution in [-0.2, 0) is 13.6 Å². The first-order valence-corrected chi connectivity index (χ1v) is 7.70. The number of hydrogen-bond acceptors (Lipinski definition) is 6. The molecule has 0 spiro atoms. The van der Waals surface area contributed by atoms with Gasteiger partial charge in [0.2, 0.25) is 5.95 Å². The lowest BCUT2D eigenvalue weighted by atomic mass is 10.0. The van der Waals surface area contributed by atoms with Crippen LogP contribution in [0.2, 0.25) is 0 Å². The van der Waals surface area contributed by atoms with Gasteiger partial charge in [-0.25, -0.2) is 15.0 Å². The van der Waals surface area contributed by atoms with Crippen LogP contribution >= 0.6 is 0 Å². The zero-order valence-electron chi connectivity index (χ0n) is 13.5. The van der Waals surface area contributed by atoms with Crippen LogP contribution in [0.4, 0.5) is 5.95 Å². The van der Waals surface area contributed by atoms with E-state index in [0.29, 0.717) is 6.04 Å². The molecule has 2 aromatic rings. The van der Waals surface area contributed by atoms with E-state index >= 15 is 0 Å². The fraction of sp³-hybridized carbons (Fsp3) is 0.600. The molecule has 0 amide bonds. The minimum atomic E-state index is 0.499. The minimum Gasteiger partial charge on any atom is -0.341 e. The third-order valence-corrected chi connectivity index (χ3v) is 4.36. The summed E-state index contributed by atoms with van der Waals surface area (Å²) in [6.07, 6.45) is 7.60. The summed E-state index contributed by atoms with van der Waals surface area (Å²) in [5, 5.41) is 4.13. The predicted molar refractivity (Wildman–Crippen MR) is 84.5 cm³/mol. The Bertz CT molecular complexity index is 599. The molecule has 0 bridgehead atoms. The highest BCUT2D eigenvalue weighted by Gasteiger charge is 2.24. The van der Waals surface area contributed by atoms with E-state index < -0.39 is 0 Å². The smallest absolute Gasteiger partial charge is 0.225 e. The van der Waals surface area contributed by atoms with Crippen molar-refractivity contribution >= 4 is 5.95 Å². The summed E-state index contributed by atoms with van der Waals surface area (Å²) < 4.78 is 1.85. The van der Waals surface area contributed by atoms with Crippen LogP contribution < -0.4 is 4.90 Å². The van der Waals surface area contributed by atoms with Crippen LogP contribution in [0.25, 0.3) is 0 Å². The number of likely N-dealkylation sites (tertiary alicyclic amines) is 1. The Kier molecular flexibility index (Phi) is 4.33. The maximum atomic E-state index is 4.42. The topological polar surface area (TPSA) is 63.0 Å². The van der Waals surface area contributed by atoms with E-state index in [-0.39, 0.29) is 0 Å². The van der Waals surface area contributed by atoms with Crippen molar-refractivity contribution in [3.8, 4) is 0 Å². The molecule has 22 heavy (non-hydrogen) atoms. The molecule has 0 N–H and O–H groups in total. The molecule has 0 unspecified atom stereocenters. The van der Waals surface area contributed by atoms with Crippen LogP contribution in [0.3, 0.4) is 0 Å². The number of nitrogens with zero attached hydrogens (tertiary/aromatic N) is 7. The first-order valence-electron chi connectivity index (χ1n) is 7.70. The van der Waals surface area contributed by atoms with Gasteiger partial charge in [0.05, 0.1) is 6.54 Å². The minimum absolute atomic E-state index is 0.499. The predicted octanol–water partition coefficient (Wildman–Crippen LogP) is 1.01. The normalized spacial score (nSPS) is 16.9. The van der Waals surface area contributed by atoms with Crippen LogP contribution in [0.5, 0.6) is 0 Å². The van der Waals surface area contributed by atoms with Crippen molar-refractivity contribution in [2.45, 2.75) is 32.4 Å². The van der Waals surface area contributed by atoms with Gasteiger partial charge in [-0.15, -0.1) is 0 Å². The first kappa shape index (κ1) is 14.9. The van der Waals surface area contributed by atoms with Crippen LogP contribution in [0, 0.1) is 6.92 Å². The largest absolute Gasteiger partial charge is 0.341 e. The van der Waals surface area contributed by atoms with Crippen molar-refractivity contribution in [3.05, 3.63) is 30.1 Å². The summed E-state index contributed by atoms with van der Waals surface area (Å²) in [5.74, 6) is 1.84. The van der Waals surface area contributed by atoms with Crippen LogP contribution in [-0.4, -0.2) is 55.8 Å². The van der Waals surface area contributed by atoms with Gasteiger partial charge in [-0.3, -0.25) is 9.58 Å². The molecule has 1 fully saturated rings. The lowest BCUT2D eigenvalue weighted by Gasteiger charge is -2.36. The third kappa shape index (κ3) is 3.24. The maximum absolute atomic E-state index is 4.42. The Morgan fingerprint density at radius 2 is 1.86 bits per heavy atom. The van der Waals surface area contributed by atoms with E-state index in [1.165, 1.54) is 0 Å². The molecule has 0 atom stereocenters. The molecule has 7 heteroatoms. The van der Waals surface area contributed by atoms with Gasteiger partial charge in [-0.1, -0.05) is 0 Å². The maximum Gasteiger partial charge on any atom is 0.225 e. The molecule has 1 aliphatic rings. The summed E-state index contributed by atoms with van der Waals surface area (Å²) in [7, 11) is 4.03. The quantitative estimate of drug-likeness (QED) is 0.840. The molecule has 7 nitrogen and oxygen atoms in total. The van der Waals surface area contributed by atoms with E-state index in [2.05, 4.69) is 36.9 Å². The Hall–Kier alpha value is -2.02. The number of piperidine rings is 1. The van der Waals surface area contributed by atoms with Crippen molar-refractivity contribution in [3.63, 3.8) is 0 Å². The summed E-state index contributed by atoms with van der Waals surface area (Å²) in [6.45, 7) is 5.00. The van der Waals surface area contributed by atoms with Gasteiger partial charge in [0.25, 0.3) is 0 Å². The summed E-state index contributed by atoms with van der Waals surface area (Å²) >= 11 is 0. The highest BCUT2D eigenvalue weighted by molar-refractivity contribution is 5.30. The molecule has 3 rings (SSSR count). The van der Waals surface area contributed by atoms with Gasteiger partial charge in [-0.05, 0) is 25.3 Å². The second-order valence-corrected chi connectivity index (χ2v) is 5.98.